The Hall–Kier alpha value is -0.690. The molecule has 2 aliphatic heterocycles. The molecular weight excluding hydrogens is 234 g/mol. The topological polar surface area (TPSA) is 57.4 Å². The van der Waals surface area contributed by atoms with Crippen LogP contribution in [0.15, 0.2) is 6.20 Å². The van der Waals surface area contributed by atoms with Crippen molar-refractivity contribution >= 4 is 16.5 Å². The van der Waals surface area contributed by atoms with Crippen molar-refractivity contribution in [1.82, 2.24) is 14.8 Å². The molecule has 2 saturated heterocycles. The fourth-order valence-corrected chi connectivity index (χ4v) is 3.63. The molecule has 0 radical (unpaired) electrons. The first kappa shape index (κ1) is 11.4. The third-order valence-electron chi connectivity index (χ3n) is 3.73. The molecule has 0 aliphatic carbocycles. The maximum absolute atomic E-state index is 5.34. The van der Waals surface area contributed by atoms with E-state index >= 15 is 0 Å². The lowest BCUT2D eigenvalue weighted by molar-refractivity contribution is 0.100. The van der Waals surface area contributed by atoms with Crippen LogP contribution in [0.2, 0.25) is 0 Å². The van der Waals surface area contributed by atoms with Gasteiger partial charge in [0.1, 0.15) is 0 Å². The third kappa shape index (κ3) is 2.44. The normalized spacial score (nSPS) is 26.1. The number of hydrogen-bond acceptors (Lipinski definition) is 6. The smallest absolute Gasteiger partial charge is 0.197 e. The molecule has 3 heterocycles. The van der Waals surface area contributed by atoms with E-state index in [-0.39, 0.29) is 0 Å². The Morgan fingerprint density at radius 3 is 3.24 bits per heavy atom. The van der Waals surface area contributed by atoms with Crippen molar-refractivity contribution in [2.45, 2.75) is 25.4 Å². The average Bonchev–Trinajstić information content (AvgIpc) is 2.96. The van der Waals surface area contributed by atoms with Crippen molar-refractivity contribution in [3.05, 3.63) is 11.1 Å². The van der Waals surface area contributed by atoms with Gasteiger partial charge < -0.3 is 0 Å². The van der Waals surface area contributed by atoms with E-state index < -0.39 is 0 Å². The Labute approximate surface area is 106 Å². The first-order valence-corrected chi connectivity index (χ1v) is 7.04. The zero-order valence-corrected chi connectivity index (χ0v) is 10.7. The van der Waals surface area contributed by atoms with Gasteiger partial charge in [-0.1, -0.05) is 11.3 Å². The lowest BCUT2D eigenvalue weighted by Gasteiger charge is -2.37. The van der Waals surface area contributed by atoms with Crippen LogP contribution in [0.3, 0.4) is 0 Å². The van der Waals surface area contributed by atoms with E-state index in [1.807, 2.05) is 6.20 Å². The summed E-state index contributed by atoms with van der Waals surface area (Å²) in [6.07, 6.45) is 4.68. The lowest BCUT2D eigenvalue weighted by Crippen LogP contribution is -2.49. The summed E-state index contributed by atoms with van der Waals surface area (Å²) in [5, 5.41) is 0.805. The minimum Gasteiger partial charge on any atom is -0.300 e. The van der Waals surface area contributed by atoms with Gasteiger partial charge in [0.25, 0.3) is 0 Å². The van der Waals surface area contributed by atoms with Crippen LogP contribution in [0.5, 0.6) is 0 Å². The van der Waals surface area contributed by atoms with Crippen molar-refractivity contribution in [2.24, 2.45) is 5.84 Å². The maximum atomic E-state index is 5.34. The molecule has 1 aromatic rings. The van der Waals surface area contributed by atoms with Gasteiger partial charge in [-0.3, -0.25) is 15.2 Å². The standard InChI is InChI=1S/C11H19N5S/c12-14-11-13-6-10(17-11)8-15-4-5-16-3-1-2-9(16)7-15/h6,9H,1-5,7-8,12H2,(H,13,14). The van der Waals surface area contributed by atoms with Crippen LogP contribution in [0.1, 0.15) is 17.7 Å². The number of hydrogen-bond donors (Lipinski definition) is 2. The highest BCUT2D eigenvalue weighted by Gasteiger charge is 2.30. The molecule has 6 heteroatoms. The lowest BCUT2D eigenvalue weighted by atomic mass is 10.1. The minimum absolute atomic E-state index is 0.795. The van der Waals surface area contributed by atoms with Crippen LogP contribution in [0, 0.1) is 0 Å². The summed E-state index contributed by atoms with van der Waals surface area (Å²) in [6, 6.07) is 0.795. The van der Waals surface area contributed by atoms with Gasteiger partial charge in [0, 0.05) is 43.3 Å². The number of fused-ring (bicyclic) bond motifs is 1. The quantitative estimate of drug-likeness (QED) is 0.614. The van der Waals surface area contributed by atoms with Gasteiger partial charge in [0.05, 0.1) is 0 Å². The largest absolute Gasteiger partial charge is 0.300 e. The van der Waals surface area contributed by atoms with E-state index in [4.69, 9.17) is 5.84 Å². The first-order valence-electron chi connectivity index (χ1n) is 6.23. The van der Waals surface area contributed by atoms with Gasteiger partial charge in [-0.05, 0) is 19.4 Å². The minimum atomic E-state index is 0.795. The van der Waals surface area contributed by atoms with Crippen molar-refractivity contribution < 1.29 is 0 Å². The van der Waals surface area contributed by atoms with Gasteiger partial charge in [0.2, 0.25) is 0 Å². The first-order chi connectivity index (χ1) is 8.35. The predicted octanol–water partition coefficient (Wildman–Crippen LogP) is 0.709. The summed E-state index contributed by atoms with van der Waals surface area (Å²) in [7, 11) is 0. The maximum Gasteiger partial charge on any atom is 0.197 e. The van der Waals surface area contributed by atoms with Gasteiger partial charge in [-0.15, -0.1) is 0 Å². The fourth-order valence-electron chi connectivity index (χ4n) is 2.87. The van der Waals surface area contributed by atoms with E-state index in [1.54, 1.807) is 11.3 Å². The Bertz CT molecular complexity index is 380. The number of nitrogens with zero attached hydrogens (tertiary/aromatic N) is 3. The van der Waals surface area contributed by atoms with E-state index in [0.29, 0.717) is 0 Å². The number of anilines is 1. The second-order valence-electron chi connectivity index (χ2n) is 4.84. The molecular formula is C11H19N5S. The molecule has 0 spiro atoms. The Balaban J connectivity index is 1.58. The molecule has 0 bridgehead atoms. The summed E-state index contributed by atoms with van der Waals surface area (Å²) in [5.41, 5.74) is 2.60. The van der Waals surface area contributed by atoms with Crippen molar-refractivity contribution in [3.8, 4) is 0 Å². The molecule has 3 N–H and O–H groups in total. The molecule has 0 saturated carbocycles. The summed E-state index contributed by atoms with van der Waals surface area (Å²) < 4.78 is 0. The van der Waals surface area contributed by atoms with Crippen LogP contribution in [0.25, 0.3) is 0 Å². The van der Waals surface area contributed by atoms with Crippen LogP contribution >= 0.6 is 11.3 Å². The number of rotatable bonds is 3. The SMILES string of the molecule is NNc1ncc(CN2CCN3CCCC3C2)s1. The molecule has 2 fully saturated rings. The number of nitrogen functional groups attached to an aromatic ring is 1. The third-order valence-corrected chi connectivity index (χ3v) is 4.64. The molecule has 2 aliphatic rings. The monoisotopic (exact) mass is 253 g/mol. The van der Waals surface area contributed by atoms with Gasteiger partial charge in [-0.25, -0.2) is 10.8 Å². The number of hydrazine groups is 1. The van der Waals surface area contributed by atoms with Crippen molar-refractivity contribution in [2.75, 3.05) is 31.6 Å². The van der Waals surface area contributed by atoms with Crippen LogP contribution in [-0.2, 0) is 6.54 Å². The van der Waals surface area contributed by atoms with Crippen LogP contribution < -0.4 is 11.3 Å². The second-order valence-corrected chi connectivity index (χ2v) is 5.96. The zero-order chi connectivity index (χ0) is 11.7. The molecule has 3 rings (SSSR count). The highest BCUT2D eigenvalue weighted by atomic mass is 32.1. The van der Waals surface area contributed by atoms with Crippen LogP contribution in [0.4, 0.5) is 5.13 Å². The van der Waals surface area contributed by atoms with Gasteiger partial charge in [0.15, 0.2) is 5.13 Å². The zero-order valence-electron chi connectivity index (χ0n) is 9.93. The van der Waals surface area contributed by atoms with E-state index in [2.05, 4.69) is 20.2 Å². The summed E-state index contributed by atoms with van der Waals surface area (Å²) in [6.45, 7) is 5.94. The summed E-state index contributed by atoms with van der Waals surface area (Å²) >= 11 is 1.65. The number of nitrogens with one attached hydrogen (secondary N) is 1. The fraction of sp³-hybridized carbons (Fsp3) is 0.727. The number of piperazine rings is 1. The summed E-state index contributed by atoms with van der Waals surface area (Å²) in [5.74, 6) is 5.34. The molecule has 1 atom stereocenters. The molecule has 0 amide bonds. The molecule has 0 aromatic carbocycles. The Kier molecular flexibility index (Phi) is 3.28. The number of thiazole rings is 1. The predicted molar refractivity (Wildman–Crippen MR) is 69.8 cm³/mol. The van der Waals surface area contributed by atoms with Gasteiger partial charge >= 0.3 is 0 Å². The summed E-state index contributed by atoms with van der Waals surface area (Å²) in [4.78, 5) is 10.7. The van der Waals surface area contributed by atoms with E-state index in [0.717, 1.165) is 17.7 Å². The van der Waals surface area contributed by atoms with Crippen molar-refractivity contribution in [1.29, 1.82) is 0 Å². The second kappa shape index (κ2) is 4.89. The molecule has 5 nitrogen and oxygen atoms in total. The highest BCUT2D eigenvalue weighted by molar-refractivity contribution is 7.15. The molecule has 94 valence electrons. The average molecular weight is 253 g/mol. The highest BCUT2D eigenvalue weighted by Crippen LogP contribution is 2.24. The van der Waals surface area contributed by atoms with E-state index in [9.17, 15) is 0 Å². The van der Waals surface area contributed by atoms with Crippen molar-refractivity contribution in [3.63, 3.8) is 0 Å². The Morgan fingerprint density at radius 1 is 1.47 bits per heavy atom. The van der Waals surface area contributed by atoms with Gasteiger partial charge in [-0.2, -0.15) is 0 Å². The molecule has 17 heavy (non-hydrogen) atoms. The van der Waals surface area contributed by atoms with Crippen LogP contribution in [-0.4, -0.2) is 47.0 Å². The number of nitrogens with two attached hydrogens (primary N) is 1. The molecule has 1 aromatic heterocycles. The number of aromatic nitrogens is 1. The Morgan fingerprint density at radius 2 is 2.41 bits per heavy atom. The molecule has 1 unspecified atom stereocenters. The van der Waals surface area contributed by atoms with E-state index in [1.165, 1.54) is 43.9 Å².